The van der Waals surface area contributed by atoms with E-state index in [-0.39, 0.29) is 0 Å². The van der Waals surface area contributed by atoms with Crippen LogP contribution in [0.15, 0.2) is 0 Å². The fourth-order valence-electron chi connectivity index (χ4n) is 2.98. The van der Waals surface area contributed by atoms with Gasteiger partial charge in [-0.2, -0.15) is 0 Å². The van der Waals surface area contributed by atoms with Gasteiger partial charge in [0.2, 0.25) is 0 Å². The number of nitrogens with one attached hydrogen (secondary N) is 1. The molecule has 1 aromatic heterocycles. The van der Waals surface area contributed by atoms with Gasteiger partial charge in [0.1, 0.15) is 0 Å². The average molecular weight is 280 g/mol. The highest BCUT2D eigenvalue weighted by atomic mass is 32.1. The summed E-state index contributed by atoms with van der Waals surface area (Å²) >= 11 is 1.92. The molecule has 5 heteroatoms. The molecule has 0 spiro atoms. The van der Waals surface area contributed by atoms with Crippen LogP contribution in [0.1, 0.15) is 36.4 Å². The molecule has 2 aliphatic rings. The van der Waals surface area contributed by atoms with Crippen LogP contribution in [0.4, 0.5) is 5.13 Å². The predicted octanol–water partition coefficient (Wildman–Crippen LogP) is 1.88. The Bertz CT molecular complexity index is 423. The Balaban J connectivity index is 1.77. The van der Waals surface area contributed by atoms with Gasteiger partial charge in [0, 0.05) is 37.1 Å². The molecule has 0 amide bonds. The lowest BCUT2D eigenvalue weighted by Gasteiger charge is -2.32. The van der Waals surface area contributed by atoms with Crippen molar-refractivity contribution in [3.05, 3.63) is 10.6 Å². The third kappa shape index (κ3) is 2.78. The minimum Gasteiger partial charge on any atom is -0.346 e. The fraction of sp³-hybridized carbons (Fsp3) is 0.786. The number of anilines is 1. The summed E-state index contributed by atoms with van der Waals surface area (Å²) < 4.78 is 0. The number of rotatable bonds is 3. The summed E-state index contributed by atoms with van der Waals surface area (Å²) in [6.45, 7) is 7.79. The van der Waals surface area contributed by atoms with Gasteiger partial charge < -0.3 is 15.1 Å². The maximum absolute atomic E-state index is 4.92. The molecular formula is C14H24N4S. The number of hydrogen-bond donors (Lipinski definition) is 1. The first-order chi connectivity index (χ1) is 9.28. The van der Waals surface area contributed by atoms with Gasteiger partial charge in [-0.15, -0.1) is 0 Å². The van der Waals surface area contributed by atoms with Crippen molar-refractivity contribution in [1.29, 1.82) is 0 Å². The number of likely N-dealkylation sites (N-methyl/N-ethyl adjacent to an activating group) is 1. The standard InChI is InChI=1S/C14H24N4S/c1-3-15-11-5-4-6-12-13(11)19-14(16-12)18-9-7-17(2)8-10-18/h11,15H,3-10H2,1-2H3. The minimum absolute atomic E-state index is 0.549. The average Bonchev–Trinajstić information content (AvgIpc) is 2.85. The van der Waals surface area contributed by atoms with Gasteiger partial charge >= 0.3 is 0 Å². The van der Waals surface area contributed by atoms with E-state index in [1.165, 1.54) is 35.0 Å². The zero-order valence-corrected chi connectivity index (χ0v) is 12.8. The zero-order chi connectivity index (χ0) is 13.2. The number of piperazine rings is 1. The van der Waals surface area contributed by atoms with Gasteiger partial charge in [0.05, 0.1) is 5.69 Å². The Hall–Kier alpha value is -0.650. The van der Waals surface area contributed by atoms with Crippen molar-refractivity contribution >= 4 is 16.5 Å². The van der Waals surface area contributed by atoms with E-state index in [0.29, 0.717) is 6.04 Å². The molecule has 0 saturated carbocycles. The smallest absolute Gasteiger partial charge is 0.185 e. The van der Waals surface area contributed by atoms with E-state index in [2.05, 4.69) is 29.1 Å². The van der Waals surface area contributed by atoms with Crippen molar-refractivity contribution < 1.29 is 0 Å². The second kappa shape index (κ2) is 5.77. The Morgan fingerprint density at radius 1 is 1.32 bits per heavy atom. The van der Waals surface area contributed by atoms with Crippen molar-refractivity contribution in [2.45, 2.75) is 32.2 Å². The fourth-order valence-corrected chi connectivity index (χ4v) is 4.25. The van der Waals surface area contributed by atoms with E-state index in [0.717, 1.165) is 32.7 Å². The summed E-state index contributed by atoms with van der Waals surface area (Å²) in [4.78, 5) is 11.3. The van der Waals surface area contributed by atoms with Crippen molar-refractivity contribution in [2.24, 2.45) is 0 Å². The molecule has 1 saturated heterocycles. The highest BCUT2D eigenvalue weighted by molar-refractivity contribution is 7.15. The summed E-state index contributed by atoms with van der Waals surface area (Å²) in [7, 11) is 2.20. The molecular weight excluding hydrogens is 256 g/mol. The molecule has 0 radical (unpaired) electrons. The molecule has 106 valence electrons. The van der Waals surface area contributed by atoms with E-state index in [1.54, 1.807) is 0 Å². The van der Waals surface area contributed by atoms with Crippen LogP contribution >= 0.6 is 11.3 Å². The van der Waals surface area contributed by atoms with Crippen LogP contribution < -0.4 is 10.2 Å². The number of aromatic nitrogens is 1. The van der Waals surface area contributed by atoms with Gasteiger partial charge in [-0.1, -0.05) is 18.3 Å². The molecule has 19 heavy (non-hydrogen) atoms. The normalized spacial score (nSPS) is 24.5. The maximum atomic E-state index is 4.92. The van der Waals surface area contributed by atoms with Crippen LogP contribution in [0.3, 0.4) is 0 Å². The summed E-state index contributed by atoms with van der Waals surface area (Å²) in [6.07, 6.45) is 3.71. The van der Waals surface area contributed by atoms with Crippen LogP contribution in [0, 0.1) is 0 Å². The van der Waals surface area contributed by atoms with Crippen LogP contribution in [0.5, 0.6) is 0 Å². The van der Waals surface area contributed by atoms with Gasteiger partial charge in [-0.25, -0.2) is 4.98 Å². The first-order valence-corrected chi connectivity index (χ1v) is 8.26. The van der Waals surface area contributed by atoms with E-state index in [4.69, 9.17) is 4.98 Å². The summed E-state index contributed by atoms with van der Waals surface area (Å²) in [5.41, 5.74) is 1.36. The van der Waals surface area contributed by atoms with Crippen molar-refractivity contribution in [1.82, 2.24) is 15.2 Å². The summed E-state index contributed by atoms with van der Waals surface area (Å²) in [6, 6.07) is 0.549. The second-order valence-corrected chi connectivity index (χ2v) is 6.61. The third-order valence-corrected chi connectivity index (χ3v) is 5.44. The molecule has 1 aliphatic carbocycles. The van der Waals surface area contributed by atoms with Crippen LogP contribution in [-0.4, -0.2) is 49.7 Å². The number of fused-ring (bicyclic) bond motifs is 1. The monoisotopic (exact) mass is 280 g/mol. The Morgan fingerprint density at radius 3 is 2.84 bits per heavy atom. The van der Waals surface area contributed by atoms with Crippen molar-refractivity contribution in [3.63, 3.8) is 0 Å². The highest BCUT2D eigenvalue weighted by Crippen LogP contribution is 2.37. The zero-order valence-electron chi connectivity index (χ0n) is 12.0. The number of hydrogen-bond acceptors (Lipinski definition) is 5. The van der Waals surface area contributed by atoms with Crippen molar-refractivity contribution in [3.8, 4) is 0 Å². The molecule has 2 heterocycles. The molecule has 1 N–H and O–H groups in total. The predicted molar refractivity (Wildman–Crippen MR) is 81.2 cm³/mol. The molecule has 1 atom stereocenters. The van der Waals surface area contributed by atoms with Crippen LogP contribution in [0.25, 0.3) is 0 Å². The lowest BCUT2D eigenvalue weighted by atomic mass is 9.98. The first kappa shape index (κ1) is 13.3. The Labute approximate surface area is 119 Å². The Kier molecular flexibility index (Phi) is 4.05. The van der Waals surface area contributed by atoms with Gasteiger partial charge in [-0.05, 0) is 32.9 Å². The van der Waals surface area contributed by atoms with Crippen molar-refractivity contribution in [2.75, 3.05) is 44.7 Å². The molecule has 1 aliphatic heterocycles. The van der Waals surface area contributed by atoms with Gasteiger partial charge in [-0.3, -0.25) is 0 Å². The molecule has 1 aromatic rings. The first-order valence-electron chi connectivity index (χ1n) is 7.44. The lowest BCUT2D eigenvalue weighted by molar-refractivity contribution is 0.312. The quantitative estimate of drug-likeness (QED) is 0.916. The van der Waals surface area contributed by atoms with Gasteiger partial charge in [0.25, 0.3) is 0 Å². The molecule has 0 bridgehead atoms. The van der Waals surface area contributed by atoms with Crippen LogP contribution in [0.2, 0.25) is 0 Å². The summed E-state index contributed by atoms with van der Waals surface area (Å²) in [5, 5.41) is 4.86. The van der Waals surface area contributed by atoms with E-state index >= 15 is 0 Å². The molecule has 1 unspecified atom stereocenters. The van der Waals surface area contributed by atoms with Gasteiger partial charge in [0.15, 0.2) is 5.13 Å². The molecule has 4 nitrogen and oxygen atoms in total. The van der Waals surface area contributed by atoms with Crippen LogP contribution in [-0.2, 0) is 6.42 Å². The number of thiazole rings is 1. The number of nitrogens with zero attached hydrogens (tertiary/aromatic N) is 3. The van der Waals surface area contributed by atoms with E-state index < -0.39 is 0 Å². The Morgan fingerprint density at radius 2 is 2.11 bits per heavy atom. The van der Waals surface area contributed by atoms with E-state index in [9.17, 15) is 0 Å². The largest absolute Gasteiger partial charge is 0.346 e. The molecule has 1 fully saturated rings. The minimum atomic E-state index is 0.549. The second-order valence-electron chi connectivity index (χ2n) is 5.60. The summed E-state index contributed by atoms with van der Waals surface area (Å²) in [5.74, 6) is 0. The lowest BCUT2D eigenvalue weighted by Crippen LogP contribution is -2.44. The highest BCUT2D eigenvalue weighted by Gasteiger charge is 2.26. The van der Waals surface area contributed by atoms with E-state index in [1.807, 2.05) is 11.3 Å². The topological polar surface area (TPSA) is 31.4 Å². The molecule has 3 rings (SSSR count). The molecule has 0 aromatic carbocycles. The SMILES string of the molecule is CCNC1CCCc2nc(N3CCN(C)CC3)sc21. The maximum Gasteiger partial charge on any atom is 0.185 e. The third-order valence-electron chi connectivity index (χ3n) is 4.16. The number of aryl methyl sites for hydroxylation is 1.